The lowest BCUT2D eigenvalue weighted by Gasteiger charge is -2.31. The fourth-order valence-electron chi connectivity index (χ4n) is 2.65. The third kappa shape index (κ3) is 2.70. The van der Waals surface area contributed by atoms with Crippen molar-refractivity contribution >= 4 is 5.78 Å². The minimum atomic E-state index is -0.677. The summed E-state index contributed by atoms with van der Waals surface area (Å²) in [5, 5.41) is 9.71. The van der Waals surface area contributed by atoms with Gasteiger partial charge in [0, 0.05) is 12.8 Å². The molecule has 0 fully saturated rings. The van der Waals surface area contributed by atoms with Gasteiger partial charge in [-0.1, -0.05) is 19.1 Å². The Bertz CT molecular complexity index is 534. The molecule has 102 valence electrons. The predicted molar refractivity (Wildman–Crippen MR) is 72.5 cm³/mol. The maximum atomic E-state index is 13.6. The molecule has 3 heteroatoms. The van der Waals surface area contributed by atoms with Gasteiger partial charge < -0.3 is 5.11 Å². The number of hydrogen-bond donors (Lipinski definition) is 1. The van der Waals surface area contributed by atoms with Crippen LogP contribution >= 0.6 is 0 Å². The molecule has 1 unspecified atom stereocenters. The minimum absolute atomic E-state index is 0.133. The molecule has 1 N–H and O–H groups in total. The number of carbonyl (C=O) groups is 1. The van der Waals surface area contributed by atoms with Crippen molar-refractivity contribution in [1.29, 1.82) is 0 Å². The molecule has 2 rings (SSSR count). The minimum Gasteiger partial charge on any atom is -0.513 e. The number of carbonyl (C=O) groups excluding carboxylic acids is 1. The molecule has 0 saturated heterocycles. The Kier molecular flexibility index (Phi) is 3.74. The van der Waals surface area contributed by atoms with Crippen molar-refractivity contribution < 1.29 is 14.3 Å². The summed E-state index contributed by atoms with van der Waals surface area (Å²) >= 11 is 0. The van der Waals surface area contributed by atoms with Gasteiger partial charge in [-0.3, -0.25) is 4.79 Å². The molecule has 0 radical (unpaired) electrons. The molecular formula is C16H19FO2. The lowest BCUT2D eigenvalue weighted by molar-refractivity contribution is -0.127. The van der Waals surface area contributed by atoms with E-state index in [1.54, 1.807) is 19.1 Å². The van der Waals surface area contributed by atoms with E-state index in [1.807, 2.05) is 13.0 Å². The molecule has 19 heavy (non-hydrogen) atoms. The topological polar surface area (TPSA) is 37.3 Å². The standard InChI is InChI=1S/C16H19FO2/c1-3-16(10-13(18)6-7-15(16)19)9-12-5-4-11(2)14(17)8-12/h4-5,8,10,18H,3,6-7,9H2,1-2H3. The molecule has 1 aromatic rings. The van der Waals surface area contributed by atoms with Crippen molar-refractivity contribution in [1.82, 2.24) is 0 Å². The Morgan fingerprint density at radius 2 is 2.11 bits per heavy atom. The quantitative estimate of drug-likeness (QED) is 0.897. The maximum Gasteiger partial charge on any atom is 0.143 e. The summed E-state index contributed by atoms with van der Waals surface area (Å²) in [4.78, 5) is 12.2. The van der Waals surface area contributed by atoms with Gasteiger partial charge in [0.1, 0.15) is 11.6 Å². The third-order valence-corrected chi connectivity index (χ3v) is 3.99. The van der Waals surface area contributed by atoms with Gasteiger partial charge in [0.05, 0.1) is 11.2 Å². The van der Waals surface area contributed by atoms with E-state index in [0.717, 1.165) is 5.56 Å². The van der Waals surface area contributed by atoms with Gasteiger partial charge in [-0.2, -0.15) is 0 Å². The third-order valence-electron chi connectivity index (χ3n) is 3.99. The van der Waals surface area contributed by atoms with E-state index in [9.17, 15) is 14.3 Å². The number of Topliss-reactive ketones (excluding diaryl/α,β-unsaturated/α-hetero) is 1. The van der Waals surface area contributed by atoms with Gasteiger partial charge in [-0.15, -0.1) is 0 Å². The van der Waals surface area contributed by atoms with E-state index in [-0.39, 0.29) is 17.4 Å². The van der Waals surface area contributed by atoms with Crippen molar-refractivity contribution in [3.05, 3.63) is 47.0 Å². The van der Waals surface area contributed by atoms with Crippen LogP contribution in [-0.4, -0.2) is 10.9 Å². The monoisotopic (exact) mass is 262 g/mol. The second kappa shape index (κ2) is 5.16. The van der Waals surface area contributed by atoms with E-state index < -0.39 is 5.41 Å². The van der Waals surface area contributed by atoms with Gasteiger partial charge in [0.25, 0.3) is 0 Å². The fourth-order valence-corrected chi connectivity index (χ4v) is 2.65. The molecule has 0 spiro atoms. The number of rotatable bonds is 3. The summed E-state index contributed by atoms with van der Waals surface area (Å²) in [6, 6.07) is 5.06. The summed E-state index contributed by atoms with van der Waals surface area (Å²) in [7, 11) is 0. The van der Waals surface area contributed by atoms with Crippen LogP contribution < -0.4 is 0 Å². The summed E-state index contributed by atoms with van der Waals surface area (Å²) in [5.41, 5.74) is 0.719. The van der Waals surface area contributed by atoms with E-state index >= 15 is 0 Å². The predicted octanol–water partition coefficient (Wildman–Crippen LogP) is 3.88. The van der Waals surface area contributed by atoms with E-state index in [0.29, 0.717) is 31.2 Å². The zero-order valence-corrected chi connectivity index (χ0v) is 11.4. The molecule has 2 nitrogen and oxygen atoms in total. The van der Waals surface area contributed by atoms with Gasteiger partial charge >= 0.3 is 0 Å². The fraction of sp³-hybridized carbons (Fsp3) is 0.438. The van der Waals surface area contributed by atoms with Crippen molar-refractivity contribution in [2.75, 3.05) is 0 Å². The normalized spacial score (nSPS) is 23.3. The average molecular weight is 262 g/mol. The van der Waals surface area contributed by atoms with Crippen LogP contribution in [0.1, 0.15) is 37.3 Å². The van der Waals surface area contributed by atoms with Crippen LogP contribution in [0.3, 0.4) is 0 Å². The molecule has 1 aliphatic carbocycles. The smallest absolute Gasteiger partial charge is 0.143 e. The molecule has 0 heterocycles. The molecule has 0 aromatic heterocycles. The Morgan fingerprint density at radius 1 is 1.37 bits per heavy atom. The van der Waals surface area contributed by atoms with Gasteiger partial charge in [-0.25, -0.2) is 4.39 Å². The number of hydrogen-bond acceptors (Lipinski definition) is 2. The molecule has 1 aliphatic rings. The number of ketones is 1. The second-order valence-corrected chi connectivity index (χ2v) is 5.33. The van der Waals surface area contributed by atoms with Crippen LogP contribution in [-0.2, 0) is 11.2 Å². The molecule has 0 bridgehead atoms. The van der Waals surface area contributed by atoms with Crippen LogP contribution in [0.15, 0.2) is 30.0 Å². The number of benzene rings is 1. The van der Waals surface area contributed by atoms with Crippen molar-refractivity contribution in [3.8, 4) is 0 Å². The molecule has 1 aromatic carbocycles. The van der Waals surface area contributed by atoms with E-state index in [2.05, 4.69) is 0 Å². The summed E-state index contributed by atoms with van der Waals surface area (Å²) in [6.07, 6.45) is 3.51. The summed E-state index contributed by atoms with van der Waals surface area (Å²) in [5.74, 6) is 0.156. The first-order valence-electron chi connectivity index (χ1n) is 6.66. The van der Waals surface area contributed by atoms with Crippen molar-refractivity contribution in [3.63, 3.8) is 0 Å². The van der Waals surface area contributed by atoms with Crippen molar-refractivity contribution in [2.45, 2.75) is 39.5 Å². The Labute approximate surface area is 113 Å². The first-order chi connectivity index (χ1) is 8.97. The van der Waals surface area contributed by atoms with E-state index in [4.69, 9.17) is 0 Å². The summed E-state index contributed by atoms with van der Waals surface area (Å²) < 4.78 is 13.6. The van der Waals surface area contributed by atoms with E-state index in [1.165, 1.54) is 6.07 Å². The number of aliphatic hydroxyl groups excluding tert-OH is 1. The molecule has 0 amide bonds. The van der Waals surface area contributed by atoms with Crippen LogP contribution in [0.2, 0.25) is 0 Å². The first-order valence-corrected chi connectivity index (χ1v) is 6.66. The lowest BCUT2D eigenvalue weighted by Crippen LogP contribution is -2.34. The average Bonchev–Trinajstić information content (AvgIpc) is 2.38. The molecular weight excluding hydrogens is 243 g/mol. The number of halogens is 1. The SMILES string of the molecule is CCC1(Cc2ccc(C)c(F)c2)C=C(O)CCC1=O. The molecule has 0 saturated carbocycles. The number of aliphatic hydroxyl groups is 1. The zero-order valence-electron chi connectivity index (χ0n) is 11.4. The highest BCUT2D eigenvalue weighted by Gasteiger charge is 2.37. The van der Waals surface area contributed by atoms with Gasteiger partial charge in [0.15, 0.2) is 0 Å². The first kappa shape index (κ1) is 13.8. The van der Waals surface area contributed by atoms with Gasteiger partial charge in [0.2, 0.25) is 0 Å². The van der Waals surface area contributed by atoms with Crippen LogP contribution in [0.5, 0.6) is 0 Å². The number of allylic oxidation sites excluding steroid dienone is 2. The van der Waals surface area contributed by atoms with Crippen molar-refractivity contribution in [2.24, 2.45) is 5.41 Å². The molecule has 0 aliphatic heterocycles. The second-order valence-electron chi connectivity index (χ2n) is 5.33. The van der Waals surface area contributed by atoms with Crippen LogP contribution in [0, 0.1) is 18.2 Å². The highest BCUT2D eigenvalue weighted by Crippen LogP contribution is 2.37. The van der Waals surface area contributed by atoms with Crippen LogP contribution in [0.25, 0.3) is 0 Å². The maximum absolute atomic E-state index is 13.6. The zero-order chi connectivity index (χ0) is 14.0. The Morgan fingerprint density at radius 3 is 2.74 bits per heavy atom. The summed E-state index contributed by atoms with van der Waals surface area (Å²) in [6.45, 7) is 3.64. The van der Waals surface area contributed by atoms with Crippen LogP contribution in [0.4, 0.5) is 4.39 Å². The Hall–Kier alpha value is -1.64. The largest absolute Gasteiger partial charge is 0.513 e. The number of aryl methyl sites for hydroxylation is 1. The highest BCUT2D eigenvalue weighted by atomic mass is 19.1. The lowest BCUT2D eigenvalue weighted by atomic mass is 9.71. The molecule has 1 atom stereocenters. The Balaban J connectivity index is 2.34. The highest BCUT2D eigenvalue weighted by molar-refractivity contribution is 5.88. The van der Waals surface area contributed by atoms with Gasteiger partial charge in [-0.05, 0) is 43.0 Å².